The van der Waals surface area contributed by atoms with Crippen molar-refractivity contribution in [2.45, 2.75) is 6.43 Å². The van der Waals surface area contributed by atoms with Crippen LogP contribution in [-0.2, 0) is 0 Å². The maximum absolute atomic E-state index is 12.6. The van der Waals surface area contributed by atoms with E-state index in [1.165, 1.54) is 6.07 Å². The lowest BCUT2D eigenvalue weighted by Crippen LogP contribution is -1.88. The summed E-state index contributed by atoms with van der Waals surface area (Å²) in [4.78, 5) is 0. The lowest BCUT2D eigenvalue weighted by Gasteiger charge is -2.06. The molecule has 0 radical (unpaired) electrons. The second kappa shape index (κ2) is 3.85. The highest BCUT2D eigenvalue weighted by Crippen LogP contribution is 2.29. The number of halogens is 2. The van der Waals surface area contributed by atoms with Gasteiger partial charge in [0.25, 0.3) is 6.43 Å². The molecule has 15 heavy (non-hydrogen) atoms. The zero-order valence-electron chi connectivity index (χ0n) is 8.21. The van der Waals surface area contributed by atoms with Gasteiger partial charge in [-0.3, -0.25) is 0 Å². The Balaban J connectivity index is 2.67. The Hall–Kier alpha value is -1.64. The Labute approximate surface area is 86.3 Å². The van der Waals surface area contributed by atoms with Crippen LogP contribution >= 0.6 is 0 Å². The predicted molar refractivity (Wildman–Crippen MR) is 55.5 cm³/mol. The van der Waals surface area contributed by atoms with Gasteiger partial charge in [0, 0.05) is 5.56 Å². The molecule has 0 amide bonds. The van der Waals surface area contributed by atoms with Gasteiger partial charge in [-0.1, -0.05) is 24.3 Å². The summed E-state index contributed by atoms with van der Waals surface area (Å²) in [5.41, 5.74) is 0.0650. The van der Waals surface area contributed by atoms with Gasteiger partial charge in [0.15, 0.2) is 0 Å². The Morgan fingerprint density at radius 2 is 1.93 bits per heavy atom. The van der Waals surface area contributed by atoms with Crippen molar-refractivity contribution in [3.63, 3.8) is 0 Å². The smallest absolute Gasteiger partial charge is 0.264 e. The summed E-state index contributed by atoms with van der Waals surface area (Å²) < 4.78 is 30.3. The highest BCUT2D eigenvalue weighted by molar-refractivity contribution is 5.87. The molecular weight excluding hydrogens is 198 g/mol. The zero-order valence-corrected chi connectivity index (χ0v) is 8.21. The monoisotopic (exact) mass is 208 g/mol. The van der Waals surface area contributed by atoms with E-state index in [0.29, 0.717) is 11.1 Å². The topological polar surface area (TPSA) is 9.23 Å². The summed E-state index contributed by atoms with van der Waals surface area (Å²) in [6.45, 7) is 0. The SMILES string of the molecule is COc1ccc2c(C(F)F)cccc2c1. The molecule has 0 unspecified atom stereocenters. The van der Waals surface area contributed by atoms with Crippen LogP contribution in [0, 0.1) is 0 Å². The number of rotatable bonds is 2. The third kappa shape index (κ3) is 1.77. The summed E-state index contributed by atoms with van der Waals surface area (Å²) in [7, 11) is 1.55. The Kier molecular flexibility index (Phi) is 2.54. The number of hydrogen-bond acceptors (Lipinski definition) is 1. The van der Waals surface area contributed by atoms with Crippen LogP contribution in [0.1, 0.15) is 12.0 Å². The number of methoxy groups -OCH3 is 1. The molecule has 0 N–H and O–H groups in total. The van der Waals surface area contributed by atoms with E-state index >= 15 is 0 Å². The highest BCUT2D eigenvalue weighted by atomic mass is 19.3. The summed E-state index contributed by atoms with van der Waals surface area (Å²) >= 11 is 0. The molecule has 0 spiro atoms. The molecule has 0 aliphatic heterocycles. The van der Waals surface area contributed by atoms with Crippen molar-refractivity contribution < 1.29 is 13.5 Å². The van der Waals surface area contributed by atoms with Crippen LogP contribution in [0.4, 0.5) is 8.78 Å². The van der Waals surface area contributed by atoms with E-state index in [0.717, 1.165) is 5.39 Å². The van der Waals surface area contributed by atoms with Crippen molar-refractivity contribution >= 4 is 10.8 Å². The molecule has 0 heterocycles. The normalized spacial score (nSPS) is 10.9. The second-order valence-electron chi connectivity index (χ2n) is 3.24. The van der Waals surface area contributed by atoms with E-state index in [9.17, 15) is 8.78 Å². The molecule has 0 fully saturated rings. The molecule has 3 heteroatoms. The van der Waals surface area contributed by atoms with Crippen molar-refractivity contribution in [1.82, 2.24) is 0 Å². The molecule has 2 aromatic carbocycles. The molecule has 0 atom stereocenters. The summed E-state index contributed by atoms with van der Waals surface area (Å²) in [5.74, 6) is 0.675. The second-order valence-corrected chi connectivity index (χ2v) is 3.24. The van der Waals surface area contributed by atoms with Crippen molar-refractivity contribution in [3.8, 4) is 5.75 Å². The van der Waals surface area contributed by atoms with Crippen LogP contribution in [0.2, 0.25) is 0 Å². The largest absolute Gasteiger partial charge is 0.497 e. The molecule has 1 nitrogen and oxygen atoms in total. The number of fused-ring (bicyclic) bond motifs is 1. The van der Waals surface area contributed by atoms with Crippen molar-refractivity contribution in [1.29, 1.82) is 0 Å². The fourth-order valence-corrected chi connectivity index (χ4v) is 1.60. The van der Waals surface area contributed by atoms with Gasteiger partial charge in [0.2, 0.25) is 0 Å². The molecule has 0 saturated carbocycles. The van der Waals surface area contributed by atoms with Crippen LogP contribution in [0.25, 0.3) is 10.8 Å². The van der Waals surface area contributed by atoms with Crippen LogP contribution < -0.4 is 4.74 Å². The molecule has 0 aliphatic carbocycles. The number of benzene rings is 2. The van der Waals surface area contributed by atoms with Gasteiger partial charge in [-0.25, -0.2) is 8.78 Å². The Morgan fingerprint density at radius 3 is 2.60 bits per heavy atom. The Bertz CT molecular complexity index is 480. The zero-order chi connectivity index (χ0) is 10.8. The first-order chi connectivity index (χ1) is 7.22. The maximum atomic E-state index is 12.6. The van der Waals surface area contributed by atoms with E-state index in [-0.39, 0.29) is 5.56 Å². The average Bonchev–Trinajstić information content (AvgIpc) is 2.27. The van der Waals surface area contributed by atoms with Gasteiger partial charge in [0.1, 0.15) is 5.75 Å². The molecule has 0 aromatic heterocycles. The minimum atomic E-state index is -2.44. The minimum Gasteiger partial charge on any atom is -0.497 e. The van der Waals surface area contributed by atoms with Gasteiger partial charge in [-0.2, -0.15) is 0 Å². The number of hydrogen-bond donors (Lipinski definition) is 0. The Morgan fingerprint density at radius 1 is 1.13 bits per heavy atom. The van der Waals surface area contributed by atoms with Crippen LogP contribution in [-0.4, -0.2) is 7.11 Å². The lowest BCUT2D eigenvalue weighted by molar-refractivity contribution is 0.153. The van der Waals surface area contributed by atoms with Gasteiger partial charge in [-0.15, -0.1) is 0 Å². The van der Waals surface area contributed by atoms with Gasteiger partial charge < -0.3 is 4.74 Å². The van der Waals surface area contributed by atoms with E-state index in [1.807, 2.05) is 0 Å². The molecular formula is C12H10F2O. The van der Waals surface area contributed by atoms with Crippen LogP contribution in [0.3, 0.4) is 0 Å². The molecule has 0 bridgehead atoms. The van der Waals surface area contributed by atoms with Crippen molar-refractivity contribution in [2.24, 2.45) is 0 Å². The molecule has 78 valence electrons. The third-order valence-corrected chi connectivity index (χ3v) is 2.36. The van der Waals surface area contributed by atoms with E-state index in [2.05, 4.69) is 0 Å². The summed E-state index contributed by atoms with van der Waals surface area (Å²) in [6.07, 6.45) is -2.44. The van der Waals surface area contributed by atoms with Gasteiger partial charge in [-0.05, 0) is 22.9 Å². The molecule has 2 aromatic rings. The highest BCUT2D eigenvalue weighted by Gasteiger charge is 2.10. The van der Waals surface area contributed by atoms with Crippen molar-refractivity contribution in [3.05, 3.63) is 42.0 Å². The summed E-state index contributed by atoms with van der Waals surface area (Å²) in [6, 6.07) is 9.97. The number of alkyl halides is 2. The average molecular weight is 208 g/mol. The summed E-state index contributed by atoms with van der Waals surface area (Å²) in [5, 5.41) is 1.35. The fraction of sp³-hybridized carbons (Fsp3) is 0.167. The lowest BCUT2D eigenvalue weighted by atomic mass is 10.0. The van der Waals surface area contributed by atoms with Gasteiger partial charge in [0.05, 0.1) is 7.11 Å². The van der Waals surface area contributed by atoms with Crippen molar-refractivity contribution in [2.75, 3.05) is 7.11 Å². The predicted octanol–water partition coefficient (Wildman–Crippen LogP) is 3.79. The van der Waals surface area contributed by atoms with Gasteiger partial charge >= 0.3 is 0 Å². The van der Waals surface area contributed by atoms with E-state index in [4.69, 9.17) is 4.74 Å². The van der Waals surface area contributed by atoms with E-state index < -0.39 is 6.43 Å². The standard InChI is InChI=1S/C12H10F2O/c1-15-9-5-6-10-8(7-9)3-2-4-11(10)12(13)14/h2-7,12H,1H3. The molecule has 0 aliphatic rings. The maximum Gasteiger partial charge on any atom is 0.264 e. The molecule has 0 saturated heterocycles. The number of ether oxygens (including phenoxy) is 1. The minimum absolute atomic E-state index is 0.0650. The molecule has 2 rings (SSSR count). The first-order valence-corrected chi connectivity index (χ1v) is 4.57. The first kappa shape index (κ1) is 9.90. The van der Waals surface area contributed by atoms with Crippen LogP contribution in [0.5, 0.6) is 5.75 Å². The quantitative estimate of drug-likeness (QED) is 0.729. The fourth-order valence-electron chi connectivity index (χ4n) is 1.60. The first-order valence-electron chi connectivity index (χ1n) is 4.57. The van der Waals surface area contributed by atoms with Crippen LogP contribution in [0.15, 0.2) is 36.4 Å². The van der Waals surface area contributed by atoms with E-state index in [1.54, 1.807) is 37.4 Å². The third-order valence-electron chi connectivity index (χ3n) is 2.36.